The Kier molecular flexibility index (Phi) is 5.89. The highest BCUT2D eigenvalue weighted by Crippen LogP contribution is 2.20. The predicted molar refractivity (Wildman–Crippen MR) is 105 cm³/mol. The average molecular weight is 401 g/mol. The smallest absolute Gasteiger partial charge is 0.187 e. The van der Waals surface area contributed by atoms with Crippen molar-refractivity contribution in [3.05, 3.63) is 70.3 Å². The largest absolute Gasteiger partial charge is 0.378 e. The van der Waals surface area contributed by atoms with Gasteiger partial charge in [0.2, 0.25) is 0 Å². The molecule has 0 bridgehead atoms. The fourth-order valence-electron chi connectivity index (χ4n) is 2.74. The number of anilines is 2. The summed E-state index contributed by atoms with van der Waals surface area (Å²) in [5, 5.41) is 3.27. The van der Waals surface area contributed by atoms with E-state index in [-0.39, 0.29) is 5.78 Å². The normalized spacial score (nSPS) is 15.1. The van der Waals surface area contributed by atoms with Crippen molar-refractivity contribution in [2.75, 3.05) is 36.5 Å². The molecule has 130 valence electrons. The van der Waals surface area contributed by atoms with E-state index in [1.165, 1.54) is 5.69 Å². The number of halogens is 1. The Morgan fingerprint density at radius 3 is 2.36 bits per heavy atom. The number of benzene rings is 2. The lowest BCUT2D eigenvalue weighted by molar-refractivity contribution is 0.104. The summed E-state index contributed by atoms with van der Waals surface area (Å²) in [6.07, 6.45) is 1.62. The minimum Gasteiger partial charge on any atom is -0.378 e. The summed E-state index contributed by atoms with van der Waals surface area (Å²) in [5.41, 5.74) is 3.65. The van der Waals surface area contributed by atoms with Crippen LogP contribution in [0.1, 0.15) is 17.3 Å². The van der Waals surface area contributed by atoms with E-state index in [1.54, 1.807) is 6.08 Å². The molecule has 0 spiro atoms. The monoisotopic (exact) mass is 400 g/mol. The van der Waals surface area contributed by atoms with E-state index in [4.69, 9.17) is 4.74 Å². The van der Waals surface area contributed by atoms with E-state index in [1.807, 2.05) is 43.3 Å². The van der Waals surface area contributed by atoms with Crippen molar-refractivity contribution < 1.29 is 9.53 Å². The zero-order valence-electron chi connectivity index (χ0n) is 14.2. The summed E-state index contributed by atoms with van der Waals surface area (Å²) in [6.45, 7) is 5.30. The van der Waals surface area contributed by atoms with Crippen molar-refractivity contribution in [3.8, 4) is 0 Å². The van der Waals surface area contributed by atoms with Gasteiger partial charge in [-0.1, -0.05) is 15.9 Å². The van der Waals surface area contributed by atoms with E-state index in [0.717, 1.165) is 42.2 Å². The lowest BCUT2D eigenvalue weighted by Gasteiger charge is -2.29. The summed E-state index contributed by atoms with van der Waals surface area (Å²) in [4.78, 5) is 14.6. The predicted octanol–water partition coefficient (Wildman–Crippen LogP) is 4.48. The quantitative estimate of drug-likeness (QED) is 0.593. The van der Waals surface area contributed by atoms with Crippen LogP contribution < -0.4 is 10.2 Å². The number of carbonyl (C=O) groups excluding carboxylic acids is 1. The van der Waals surface area contributed by atoms with Crippen LogP contribution >= 0.6 is 15.9 Å². The first-order chi connectivity index (χ1) is 12.1. The van der Waals surface area contributed by atoms with Crippen LogP contribution in [0.4, 0.5) is 11.4 Å². The zero-order chi connectivity index (χ0) is 17.6. The highest BCUT2D eigenvalue weighted by Gasteiger charge is 2.10. The second kappa shape index (κ2) is 8.32. The molecule has 25 heavy (non-hydrogen) atoms. The molecule has 0 saturated carbocycles. The van der Waals surface area contributed by atoms with Crippen molar-refractivity contribution in [2.45, 2.75) is 6.92 Å². The van der Waals surface area contributed by atoms with Crippen LogP contribution in [0.5, 0.6) is 0 Å². The molecule has 1 N–H and O–H groups in total. The molecule has 5 heteroatoms. The molecule has 2 aromatic rings. The molecule has 4 nitrogen and oxygen atoms in total. The van der Waals surface area contributed by atoms with Crippen LogP contribution in [-0.4, -0.2) is 32.1 Å². The number of nitrogens with one attached hydrogen (secondary N) is 1. The Balaban J connectivity index is 1.62. The van der Waals surface area contributed by atoms with Gasteiger partial charge in [-0.25, -0.2) is 0 Å². The Hall–Kier alpha value is -2.11. The first kappa shape index (κ1) is 17.7. The Labute approximate surface area is 156 Å². The maximum absolute atomic E-state index is 12.3. The number of rotatable bonds is 5. The zero-order valence-corrected chi connectivity index (χ0v) is 15.8. The van der Waals surface area contributed by atoms with Crippen LogP contribution in [0.25, 0.3) is 0 Å². The lowest BCUT2D eigenvalue weighted by atomic mass is 10.1. The van der Waals surface area contributed by atoms with Gasteiger partial charge in [0.05, 0.1) is 13.2 Å². The van der Waals surface area contributed by atoms with Crippen LogP contribution in [0.15, 0.2) is 64.8 Å². The second-order valence-corrected chi connectivity index (χ2v) is 6.89. The Bertz CT molecular complexity index is 748. The third-order valence-corrected chi connectivity index (χ3v) is 4.59. The SMILES string of the molecule is CC(=CC(=O)c1ccc(Br)cc1)Nc1ccc(N2CCOCC2)cc1. The van der Waals surface area contributed by atoms with Crippen molar-refractivity contribution in [1.29, 1.82) is 0 Å². The molecular weight excluding hydrogens is 380 g/mol. The van der Waals surface area contributed by atoms with E-state index < -0.39 is 0 Å². The summed E-state index contributed by atoms with van der Waals surface area (Å²) < 4.78 is 6.34. The number of nitrogens with zero attached hydrogens (tertiary/aromatic N) is 1. The van der Waals surface area contributed by atoms with Gasteiger partial charge in [-0.05, 0) is 55.5 Å². The topological polar surface area (TPSA) is 41.6 Å². The van der Waals surface area contributed by atoms with Gasteiger partial charge in [0.1, 0.15) is 0 Å². The fraction of sp³-hybridized carbons (Fsp3) is 0.250. The molecular formula is C20H21BrN2O2. The van der Waals surface area contributed by atoms with Crippen molar-refractivity contribution >= 4 is 33.1 Å². The summed E-state index contributed by atoms with van der Waals surface area (Å²) in [6, 6.07) is 15.6. The molecule has 0 unspecified atom stereocenters. The molecule has 0 aromatic heterocycles. The molecule has 0 amide bonds. The summed E-state index contributed by atoms with van der Waals surface area (Å²) in [5.74, 6) is -0.0116. The summed E-state index contributed by atoms with van der Waals surface area (Å²) >= 11 is 3.37. The highest BCUT2D eigenvalue weighted by molar-refractivity contribution is 9.10. The van der Waals surface area contributed by atoms with Gasteiger partial charge in [-0.15, -0.1) is 0 Å². The molecule has 0 atom stereocenters. The summed E-state index contributed by atoms with van der Waals surface area (Å²) in [7, 11) is 0. The molecule has 3 rings (SSSR count). The van der Waals surface area contributed by atoms with Gasteiger partial charge >= 0.3 is 0 Å². The van der Waals surface area contributed by atoms with E-state index >= 15 is 0 Å². The number of hydrogen-bond donors (Lipinski definition) is 1. The third-order valence-electron chi connectivity index (χ3n) is 4.06. The fourth-order valence-corrected chi connectivity index (χ4v) is 3.00. The number of hydrogen-bond acceptors (Lipinski definition) is 4. The maximum atomic E-state index is 12.3. The van der Waals surface area contributed by atoms with Gasteiger partial charge in [-0.3, -0.25) is 4.79 Å². The number of carbonyl (C=O) groups is 1. The molecule has 1 fully saturated rings. The molecule has 1 aliphatic rings. The number of morpholine rings is 1. The number of ether oxygens (including phenoxy) is 1. The first-order valence-electron chi connectivity index (χ1n) is 8.30. The minimum absolute atomic E-state index is 0.0116. The van der Waals surface area contributed by atoms with Crippen molar-refractivity contribution in [3.63, 3.8) is 0 Å². The van der Waals surface area contributed by atoms with Crippen molar-refractivity contribution in [1.82, 2.24) is 0 Å². The van der Waals surface area contributed by atoms with E-state index in [0.29, 0.717) is 5.56 Å². The Morgan fingerprint density at radius 2 is 1.72 bits per heavy atom. The molecule has 1 aliphatic heterocycles. The minimum atomic E-state index is -0.0116. The molecule has 1 saturated heterocycles. The van der Waals surface area contributed by atoms with E-state index in [9.17, 15) is 4.79 Å². The first-order valence-corrected chi connectivity index (χ1v) is 9.09. The Morgan fingerprint density at radius 1 is 1.08 bits per heavy atom. The van der Waals surface area contributed by atoms with Crippen molar-refractivity contribution in [2.24, 2.45) is 0 Å². The number of ketones is 1. The van der Waals surface area contributed by atoms with Gasteiger partial charge in [0, 0.05) is 46.3 Å². The van der Waals surface area contributed by atoms with E-state index in [2.05, 4.69) is 38.3 Å². The van der Waals surface area contributed by atoms with Crippen LogP contribution in [0, 0.1) is 0 Å². The molecule has 1 heterocycles. The van der Waals surface area contributed by atoms with Gasteiger partial charge in [-0.2, -0.15) is 0 Å². The maximum Gasteiger partial charge on any atom is 0.187 e. The average Bonchev–Trinajstić information content (AvgIpc) is 2.63. The second-order valence-electron chi connectivity index (χ2n) is 5.97. The van der Waals surface area contributed by atoms with Gasteiger partial charge < -0.3 is 15.0 Å². The van der Waals surface area contributed by atoms with Gasteiger partial charge in [0.25, 0.3) is 0 Å². The van der Waals surface area contributed by atoms with Crippen LogP contribution in [0.3, 0.4) is 0 Å². The third kappa shape index (κ3) is 4.94. The van der Waals surface area contributed by atoms with Crippen LogP contribution in [-0.2, 0) is 4.74 Å². The highest BCUT2D eigenvalue weighted by atomic mass is 79.9. The van der Waals surface area contributed by atoms with Crippen LogP contribution in [0.2, 0.25) is 0 Å². The molecule has 0 aliphatic carbocycles. The standard InChI is InChI=1S/C20H21BrN2O2/c1-15(14-20(24)16-2-4-17(21)5-3-16)22-18-6-8-19(9-7-18)23-10-12-25-13-11-23/h2-9,14,22H,10-13H2,1H3. The lowest BCUT2D eigenvalue weighted by Crippen LogP contribution is -2.36. The molecule has 2 aromatic carbocycles. The van der Waals surface area contributed by atoms with Gasteiger partial charge in [0.15, 0.2) is 5.78 Å². The molecule has 0 radical (unpaired) electrons. The number of allylic oxidation sites excluding steroid dienone is 2.